The smallest absolute Gasteiger partial charge is 0.248 e. The number of carbonyl (C=O) groups is 2. The summed E-state index contributed by atoms with van der Waals surface area (Å²) in [6, 6.07) is 0. The third-order valence-corrected chi connectivity index (χ3v) is 3.79. The van der Waals surface area contributed by atoms with Gasteiger partial charge in [-0.05, 0) is 11.8 Å². The van der Waals surface area contributed by atoms with Crippen LogP contribution in [0.5, 0.6) is 0 Å². The fraction of sp³-hybridized carbons (Fsp3) is 0.867. The number of rotatable bonds is 5. The zero-order valence-corrected chi connectivity index (χ0v) is 13.4. The van der Waals surface area contributed by atoms with Crippen LogP contribution in [0.4, 0.5) is 0 Å². The van der Waals surface area contributed by atoms with Gasteiger partial charge in [-0.25, -0.2) is 0 Å². The molecule has 0 aromatic heterocycles. The van der Waals surface area contributed by atoms with Gasteiger partial charge in [-0.1, -0.05) is 27.7 Å². The maximum absolute atomic E-state index is 12.1. The van der Waals surface area contributed by atoms with Gasteiger partial charge >= 0.3 is 0 Å². The maximum Gasteiger partial charge on any atom is 0.248 e. The first-order valence-electron chi connectivity index (χ1n) is 7.47. The summed E-state index contributed by atoms with van der Waals surface area (Å²) >= 11 is 0. The Morgan fingerprint density at radius 3 is 1.80 bits per heavy atom. The molecule has 1 rings (SSSR count). The van der Waals surface area contributed by atoms with Crippen molar-refractivity contribution < 1.29 is 14.3 Å². The molecule has 2 amide bonds. The lowest BCUT2D eigenvalue weighted by atomic mass is 9.96. The van der Waals surface area contributed by atoms with E-state index < -0.39 is 0 Å². The van der Waals surface area contributed by atoms with Crippen molar-refractivity contribution >= 4 is 11.8 Å². The minimum Gasteiger partial charge on any atom is -0.368 e. The van der Waals surface area contributed by atoms with E-state index >= 15 is 0 Å². The van der Waals surface area contributed by atoms with Gasteiger partial charge in [0.2, 0.25) is 11.8 Å². The highest BCUT2D eigenvalue weighted by atomic mass is 16.5. The highest BCUT2D eigenvalue weighted by molar-refractivity contribution is 5.78. The topological polar surface area (TPSA) is 49.9 Å². The Morgan fingerprint density at radius 2 is 1.40 bits per heavy atom. The molecular formula is C15H28N2O3. The molecule has 5 heteroatoms. The highest BCUT2D eigenvalue weighted by Gasteiger charge is 2.24. The van der Waals surface area contributed by atoms with E-state index in [2.05, 4.69) is 27.7 Å². The third kappa shape index (κ3) is 4.78. The Bertz CT molecular complexity index is 326. The zero-order valence-electron chi connectivity index (χ0n) is 13.4. The molecule has 1 saturated heterocycles. The number of carbonyl (C=O) groups excluding carboxylic acids is 2. The van der Waals surface area contributed by atoms with Crippen molar-refractivity contribution in [1.29, 1.82) is 0 Å². The van der Waals surface area contributed by atoms with Crippen molar-refractivity contribution in [2.45, 2.75) is 40.7 Å². The monoisotopic (exact) mass is 284 g/mol. The molecule has 116 valence electrons. The van der Waals surface area contributed by atoms with Gasteiger partial charge in [0.05, 0.1) is 6.10 Å². The summed E-state index contributed by atoms with van der Waals surface area (Å²) in [4.78, 5) is 26.9. The molecular weight excluding hydrogens is 256 g/mol. The molecule has 0 spiro atoms. The van der Waals surface area contributed by atoms with Gasteiger partial charge in [0, 0.05) is 33.1 Å². The normalized spacial score (nSPS) is 16.4. The van der Waals surface area contributed by atoms with Crippen LogP contribution in [0.15, 0.2) is 0 Å². The summed E-state index contributed by atoms with van der Waals surface area (Å²) in [6.45, 7) is 12.6. The second-order valence-electron chi connectivity index (χ2n) is 6.15. The quantitative estimate of drug-likeness (QED) is 0.766. The zero-order chi connectivity index (χ0) is 15.3. The molecule has 0 saturated carbocycles. The molecule has 1 heterocycles. The summed E-state index contributed by atoms with van der Waals surface area (Å²) in [5, 5.41) is 0. The lowest BCUT2D eigenvalue weighted by Crippen LogP contribution is -2.51. The van der Waals surface area contributed by atoms with Crippen molar-refractivity contribution in [3.05, 3.63) is 0 Å². The minimum atomic E-state index is 0.0273. The predicted octanol–water partition coefficient (Wildman–Crippen LogP) is 1.37. The molecule has 1 aliphatic rings. The van der Waals surface area contributed by atoms with Gasteiger partial charge in [0.1, 0.15) is 6.61 Å². The Labute approximate surface area is 122 Å². The number of piperazine rings is 1. The third-order valence-electron chi connectivity index (χ3n) is 3.79. The molecule has 1 fully saturated rings. The molecule has 0 atom stereocenters. The fourth-order valence-corrected chi connectivity index (χ4v) is 2.68. The van der Waals surface area contributed by atoms with Crippen LogP contribution < -0.4 is 0 Å². The summed E-state index contributed by atoms with van der Waals surface area (Å²) in [7, 11) is 0. The Morgan fingerprint density at radius 1 is 0.950 bits per heavy atom. The van der Waals surface area contributed by atoms with Crippen molar-refractivity contribution in [3.63, 3.8) is 0 Å². The van der Waals surface area contributed by atoms with Crippen molar-refractivity contribution in [3.8, 4) is 0 Å². The van der Waals surface area contributed by atoms with E-state index in [0.29, 0.717) is 38.0 Å². The number of amides is 2. The maximum atomic E-state index is 12.1. The van der Waals surface area contributed by atoms with Gasteiger partial charge in [0.15, 0.2) is 0 Å². The first-order valence-corrected chi connectivity index (χ1v) is 7.47. The molecule has 1 aliphatic heterocycles. The van der Waals surface area contributed by atoms with Crippen molar-refractivity contribution in [1.82, 2.24) is 9.80 Å². The van der Waals surface area contributed by atoms with Gasteiger partial charge in [-0.3, -0.25) is 9.59 Å². The van der Waals surface area contributed by atoms with E-state index in [0.717, 1.165) is 0 Å². The minimum absolute atomic E-state index is 0.0273. The van der Waals surface area contributed by atoms with Gasteiger partial charge in [0.25, 0.3) is 0 Å². The Hall–Kier alpha value is -1.10. The van der Waals surface area contributed by atoms with E-state index in [4.69, 9.17) is 4.74 Å². The molecule has 0 aromatic rings. The Kier molecular flexibility index (Phi) is 6.46. The standard InChI is InChI=1S/C15H28N2O3/c1-11(2)15(12(3)4)20-10-14(19)17-8-6-16(7-9-17)13(5)18/h11-12,15H,6-10H2,1-5H3. The summed E-state index contributed by atoms with van der Waals surface area (Å²) in [5.41, 5.74) is 0. The van der Waals surface area contributed by atoms with E-state index in [1.807, 2.05) is 0 Å². The lowest BCUT2D eigenvalue weighted by Gasteiger charge is -2.34. The van der Waals surface area contributed by atoms with Gasteiger partial charge in [-0.15, -0.1) is 0 Å². The van der Waals surface area contributed by atoms with Gasteiger partial charge < -0.3 is 14.5 Å². The van der Waals surface area contributed by atoms with Crippen molar-refractivity contribution in [2.75, 3.05) is 32.8 Å². The second kappa shape index (κ2) is 7.62. The second-order valence-corrected chi connectivity index (χ2v) is 6.15. The van der Waals surface area contributed by atoms with Crippen molar-refractivity contribution in [2.24, 2.45) is 11.8 Å². The predicted molar refractivity (Wildman–Crippen MR) is 78.3 cm³/mol. The SMILES string of the molecule is CC(=O)N1CCN(C(=O)COC(C(C)C)C(C)C)CC1. The lowest BCUT2D eigenvalue weighted by molar-refractivity contribution is -0.144. The number of ether oxygens (including phenoxy) is 1. The van der Waals surface area contributed by atoms with Crippen LogP contribution in [0.25, 0.3) is 0 Å². The van der Waals surface area contributed by atoms with E-state index in [9.17, 15) is 9.59 Å². The summed E-state index contributed by atoms with van der Waals surface area (Å²) in [6.07, 6.45) is 0.109. The van der Waals surface area contributed by atoms with Crippen LogP contribution in [0.1, 0.15) is 34.6 Å². The molecule has 20 heavy (non-hydrogen) atoms. The van der Waals surface area contributed by atoms with Crippen LogP contribution >= 0.6 is 0 Å². The van der Waals surface area contributed by atoms with Gasteiger partial charge in [-0.2, -0.15) is 0 Å². The van der Waals surface area contributed by atoms with E-state index in [1.54, 1.807) is 16.7 Å². The molecule has 0 unspecified atom stereocenters. The highest BCUT2D eigenvalue weighted by Crippen LogP contribution is 2.16. The van der Waals surface area contributed by atoms with E-state index in [1.165, 1.54) is 0 Å². The number of hydrogen-bond acceptors (Lipinski definition) is 3. The number of nitrogens with zero attached hydrogens (tertiary/aromatic N) is 2. The first-order chi connectivity index (χ1) is 9.32. The van der Waals surface area contributed by atoms with E-state index in [-0.39, 0.29) is 24.5 Å². The summed E-state index contributed by atoms with van der Waals surface area (Å²) in [5.74, 6) is 0.905. The molecule has 0 aromatic carbocycles. The molecule has 0 aliphatic carbocycles. The van der Waals surface area contributed by atoms with Crippen LogP contribution in [0.2, 0.25) is 0 Å². The average molecular weight is 284 g/mol. The number of hydrogen-bond donors (Lipinski definition) is 0. The van der Waals surface area contributed by atoms with Crippen LogP contribution in [0.3, 0.4) is 0 Å². The average Bonchev–Trinajstić information content (AvgIpc) is 2.38. The first kappa shape index (κ1) is 17.0. The molecule has 5 nitrogen and oxygen atoms in total. The Balaban J connectivity index is 2.39. The molecule has 0 bridgehead atoms. The van der Waals surface area contributed by atoms with Crippen LogP contribution in [-0.2, 0) is 14.3 Å². The largest absolute Gasteiger partial charge is 0.368 e. The molecule has 0 N–H and O–H groups in total. The van der Waals surface area contributed by atoms with Crippen LogP contribution in [0, 0.1) is 11.8 Å². The van der Waals surface area contributed by atoms with Crippen LogP contribution in [-0.4, -0.2) is 60.5 Å². The summed E-state index contributed by atoms with van der Waals surface area (Å²) < 4.78 is 5.78. The molecule has 0 radical (unpaired) electrons. The fourth-order valence-electron chi connectivity index (χ4n) is 2.68.